The van der Waals surface area contributed by atoms with Gasteiger partial charge in [0.15, 0.2) is 0 Å². The predicted molar refractivity (Wildman–Crippen MR) is 239 cm³/mol. The molecule has 0 spiro atoms. The summed E-state index contributed by atoms with van der Waals surface area (Å²) in [7, 11) is 0. The SMILES string of the molecule is c1ccc(-n2c3ccccc3c3ccc4c5ccccc5n(-c5cccc(-c6cccc(-c7ccc8c9ccccc9c9ccccc9c8c7)c6)c5)c4c32)cc1. The molecule has 0 saturated heterocycles. The Hall–Kier alpha value is -7.42. The molecule has 0 aliphatic heterocycles. The van der Waals surface area contributed by atoms with Crippen LogP contribution in [0.1, 0.15) is 0 Å². The zero-order chi connectivity index (χ0) is 36.7. The highest BCUT2D eigenvalue weighted by atomic mass is 15.0. The van der Waals surface area contributed by atoms with E-state index in [2.05, 4.69) is 215 Å². The van der Waals surface area contributed by atoms with Gasteiger partial charge in [0.2, 0.25) is 0 Å². The first kappa shape index (κ1) is 31.0. The van der Waals surface area contributed by atoms with Gasteiger partial charge in [0.1, 0.15) is 0 Å². The summed E-state index contributed by atoms with van der Waals surface area (Å²) >= 11 is 0. The molecule has 0 fully saturated rings. The van der Waals surface area contributed by atoms with Gasteiger partial charge in [0, 0.05) is 32.9 Å². The number of hydrogen-bond acceptors (Lipinski definition) is 0. The fourth-order valence-corrected chi connectivity index (χ4v) is 9.40. The van der Waals surface area contributed by atoms with Crippen molar-refractivity contribution < 1.29 is 0 Å². The number of hydrogen-bond donors (Lipinski definition) is 0. The first-order chi connectivity index (χ1) is 27.8. The molecule has 260 valence electrons. The minimum absolute atomic E-state index is 1.14. The molecule has 0 saturated carbocycles. The number of aromatic nitrogens is 2. The average Bonchev–Trinajstić information content (AvgIpc) is 3.80. The average molecular weight is 711 g/mol. The van der Waals surface area contributed by atoms with E-state index in [1.54, 1.807) is 0 Å². The van der Waals surface area contributed by atoms with Gasteiger partial charge in [-0.15, -0.1) is 0 Å². The van der Waals surface area contributed by atoms with Crippen molar-refractivity contribution in [2.75, 3.05) is 0 Å². The molecule has 0 aliphatic rings. The number of nitrogens with zero attached hydrogens (tertiary/aromatic N) is 2. The molecule has 0 radical (unpaired) electrons. The van der Waals surface area contributed by atoms with Crippen molar-refractivity contribution >= 4 is 75.9 Å². The van der Waals surface area contributed by atoms with Gasteiger partial charge in [0.05, 0.1) is 22.1 Å². The lowest BCUT2D eigenvalue weighted by atomic mass is 9.91. The summed E-state index contributed by atoms with van der Waals surface area (Å²) in [6.07, 6.45) is 0. The minimum atomic E-state index is 1.14. The summed E-state index contributed by atoms with van der Waals surface area (Å²) in [6.45, 7) is 0. The molecule has 12 rings (SSSR count). The van der Waals surface area contributed by atoms with Gasteiger partial charge < -0.3 is 9.13 Å². The molecule has 2 heterocycles. The van der Waals surface area contributed by atoms with Gasteiger partial charge in [-0.3, -0.25) is 0 Å². The Balaban J connectivity index is 1.06. The van der Waals surface area contributed by atoms with Crippen molar-refractivity contribution in [2.24, 2.45) is 0 Å². The van der Waals surface area contributed by atoms with Crippen molar-refractivity contribution in [3.05, 3.63) is 206 Å². The van der Waals surface area contributed by atoms with Crippen LogP contribution in [0, 0.1) is 0 Å². The molecular weight excluding hydrogens is 677 g/mol. The Bertz CT molecular complexity index is 3490. The zero-order valence-corrected chi connectivity index (χ0v) is 30.5. The summed E-state index contributed by atoms with van der Waals surface area (Å²) in [5, 5.41) is 12.8. The molecule has 12 aromatic rings. The monoisotopic (exact) mass is 710 g/mol. The molecule has 10 aromatic carbocycles. The Morgan fingerprint density at radius 1 is 0.214 bits per heavy atom. The van der Waals surface area contributed by atoms with E-state index < -0.39 is 0 Å². The number of rotatable bonds is 4. The standard InChI is InChI=1S/C54H34N2/c1-2-17-39(18-3-1)55-51-26-10-8-24-46(51)48-30-31-49-47-25-9-11-27-52(47)56(54(49)53(48)55)40-19-13-16-37(33-40)35-14-12-15-36(32-35)38-28-29-45-43-22-5-4-20-41(43)42-21-6-7-23-44(42)50(45)34-38/h1-34H. The Morgan fingerprint density at radius 3 is 1.20 bits per heavy atom. The molecule has 0 atom stereocenters. The van der Waals surface area contributed by atoms with Crippen LogP contribution in [0.4, 0.5) is 0 Å². The maximum Gasteiger partial charge on any atom is 0.0788 e. The second-order valence-electron chi connectivity index (χ2n) is 14.9. The maximum absolute atomic E-state index is 2.48. The minimum Gasteiger partial charge on any atom is -0.307 e. The van der Waals surface area contributed by atoms with Crippen molar-refractivity contribution in [3.8, 4) is 33.6 Å². The van der Waals surface area contributed by atoms with Crippen LogP contribution in [-0.4, -0.2) is 9.13 Å². The molecule has 2 nitrogen and oxygen atoms in total. The summed E-state index contributed by atoms with van der Waals surface area (Å²) in [4.78, 5) is 0. The van der Waals surface area contributed by atoms with E-state index in [0.717, 1.165) is 11.4 Å². The molecule has 0 N–H and O–H groups in total. The predicted octanol–water partition coefficient (Wildman–Crippen LogP) is 14.7. The van der Waals surface area contributed by atoms with Gasteiger partial charge in [-0.05, 0) is 103 Å². The molecule has 0 bridgehead atoms. The van der Waals surface area contributed by atoms with E-state index in [1.165, 1.54) is 98.2 Å². The highest BCUT2D eigenvalue weighted by molar-refractivity contribution is 6.26. The van der Waals surface area contributed by atoms with Crippen molar-refractivity contribution in [2.45, 2.75) is 0 Å². The van der Waals surface area contributed by atoms with E-state index in [4.69, 9.17) is 0 Å². The zero-order valence-electron chi connectivity index (χ0n) is 30.5. The van der Waals surface area contributed by atoms with E-state index in [1.807, 2.05) is 0 Å². The highest BCUT2D eigenvalue weighted by Gasteiger charge is 2.21. The topological polar surface area (TPSA) is 9.86 Å². The third kappa shape index (κ3) is 4.50. The molecule has 2 heteroatoms. The second kappa shape index (κ2) is 12.0. The Kier molecular flexibility index (Phi) is 6.66. The fraction of sp³-hybridized carbons (Fsp3) is 0. The lowest BCUT2D eigenvalue weighted by Crippen LogP contribution is -1.98. The van der Waals surface area contributed by atoms with E-state index >= 15 is 0 Å². The molecule has 2 aromatic heterocycles. The summed E-state index contributed by atoms with van der Waals surface area (Å²) < 4.78 is 4.93. The second-order valence-corrected chi connectivity index (χ2v) is 14.9. The summed E-state index contributed by atoms with van der Waals surface area (Å²) in [6, 6.07) is 75.7. The molecule has 0 amide bonds. The van der Waals surface area contributed by atoms with Crippen LogP contribution in [-0.2, 0) is 0 Å². The Morgan fingerprint density at radius 2 is 0.607 bits per heavy atom. The number of para-hydroxylation sites is 3. The van der Waals surface area contributed by atoms with Crippen LogP contribution in [0.5, 0.6) is 0 Å². The fourth-order valence-electron chi connectivity index (χ4n) is 9.40. The van der Waals surface area contributed by atoms with Crippen LogP contribution in [0.2, 0.25) is 0 Å². The van der Waals surface area contributed by atoms with Gasteiger partial charge in [-0.25, -0.2) is 0 Å². The quantitative estimate of drug-likeness (QED) is 0.161. The number of benzene rings is 10. The van der Waals surface area contributed by atoms with Gasteiger partial charge >= 0.3 is 0 Å². The largest absolute Gasteiger partial charge is 0.307 e. The lowest BCUT2D eigenvalue weighted by molar-refractivity contribution is 1.15. The maximum atomic E-state index is 2.48. The van der Waals surface area contributed by atoms with Crippen LogP contribution in [0.15, 0.2) is 206 Å². The number of fused-ring (bicyclic) bond motifs is 13. The van der Waals surface area contributed by atoms with Gasteiger partial charge in [-0.1, -0.05) is 158 Å². The van der Waals surface area contributed by atoms with Crippen molar-refractivity contribution in [1.82, 2.24) is 9.13 Å². The van der Waals surface area contributed by atoms with E-state index in [9.17, 15) is 0 Å². The first-order valence-corrected chi connectivity index (χ1v) is 19.4. The van der Waals surface area contributed by atoms with Crippen molar-refractivity contribution in [3.63, 3.8) is 0 Å². The lowest BCUT2D eigenvalue weighted by Gasteiger charge is -2.14. The molecule has 0 unspecified atom stereocenters. The van der Waals surface area contributed by atoms with Crippen LogP contribution in [0.25, 0.3) is 110 Å². The summed E-state index contributed by atoms with van der Waals surface area (Å²) in [5.74, 6) is 0. The molecular formula is C54H34N2. The summed E-state index contributed by atoms with van der Waals surface area (Å²) in [5.41, 5.74) is 11.9. The normalized spacial score (nSPS) is 11.9. The Labute approximate surface area is 323 Å². The molecule has 56 heavy (non-hydrogen) atoms. The smallest absolute Gasteiger partial charge is 0.0788 e. The van der Waals surface area contributed by atoms with Crippen LogP contribution >= 0.6 is 0 Å². The third-order valence-electron chi connectivity index (χ3n) is 11.9. The van der Waals surface area contributed by atoms with E-state index in [0.29, 0.717) is 0 Å². The first-order valence-electron chi connectivity index (χ1n) is 19.4. The van der Waals surface area contributed by atoms with Gasteiger partial charge in [-0.2, -0.15) is 0 Å². The molecule has 0 aliphatic carbocycles. The van der Waals surface area contributed by atoms with Crippen LogP contribution in [0.3, 0.4) is 0 Å². The van der Waals surface area contributed by atoms with E-state index in [-0.39, 0.29) is 0 Å². The van der Waals surface area contributed by atoms with Gasteiger partial charge in [0.25, 0.3) is 0 Å². The highest BCUT2D eigenvalue weighted by Crippen LogP contribution is 2.43. The third-order valence-corrected chi connectivity index (χ3v) is 11.9. The van der Waals surface area contributed by atoms with Crippen molar-refractivity contribution in [1.29, 1.82) is 0 Å². The van der Waals surface area contributed by atoms with Crippen LogP contribution < -0.4 is 0 Å².